The maximum absolute atomic E-state index is 12.4. The Hall–Kier alpha value is -1.78. The topological polar surface area (TPSA) is 29.1 Å². The number of amides is 1. The van der Waals surface area contributed by atoms with Gasteiger partial charge in [0.25, 0.3) is 0 Å². The molecule has 0 atom stereocenters. The second-order valence-corrected chi connectivity index (χ2v) is 3.80. The zero-order chi connectivity index (χ0) is 13.6. The van der Waals surface area contributed by atoms with Crippen molar-refractivity contribution in [2.24, 2.45) is 0 Å². The molecular formula is C13H14F3NO. The highest BCUT2D eigenvalue weighted by Crippen LogP contribution is 2.29. The SMILES string of the molecule is CC(=O)NCCC=Cc1cccc(C(F)(F)F)c1. The summed E-state index contributed by atoms with van der Waals surface area (Å²) in [6.45, 7) is 1.89. The number of alkyl halides is 3. The summed E-state index contributed by atoms with van der Waals surface area (Å²) in [6, 6.07) is 5.10. The van der Waals surface area contributed by atoms with E-state index in [2.05, 4.69) is 5.32 Å². The van der Waals surface area contributed by atoms with Gasteiger partial charge in [-0.05, 0) is 24.1 Å². The minimum atomic E-state index is -4.32. The summed E-state index contributed by atoms with van der Waals surface area (Å²) in [4.78, 5) is 10.6. The number of hydrogen-bond acceptors (Lipinski definition) is 1. The minimum absolute atomic E-state index is 0.123. The molecule has 18 heavy (non-hydrogen) atoms. The predicted molar refractivity (Wildman–Crippen MR) is 63.8 cm³/mol. The maximum Gasteiger partial charge on any atom is 0.416 e. The van der Waals surface area contributed by atoms with Crippen LogP contribution in [0, 0.1) is 0 Å². The second-order valence-electron chi connectivity index (χ2n) is 3.80. The first-order valence-electron chi connectivity index (χ1n) is 5.48. The van der Waals surface area contributed by atoms with Crippen LogP contribution in [0.15, 0.2) is 30.3 Å². The number of benzene rings is 1. The fourth-order valence-electron chi connectivity index (χ4n) is 1.37. The molecule has 0 radical (unpaired) electrons. The van der Waals surface area contributed by atoms with Crippen LogP contribution in [0.5, 0.6) is 0 Å². The molecule has 1 N–H and O–H groups in total. The summed E-state index contributed by atoms with van der Waals surface area (Å²) in [5.74, 6) is -0.123. The van der Waals surface area contributed by atoms with E-state index in [1.165, 1.54) is 13.0 Å². The Morgan fingerprint density at radius 2 is 2.11 bits per heavy atom. The van der Waals surface area contributed by atoms with Gasteiger partial charge in [-0.3, -0.25) is 4.79 Å². The molecule has 0 aliphatic rings. The zero-order valence-corrected chi connectivity index (χ0v) is 9.92. The van der Waals surface area contributed by atoms with E-state index in [1.807, 2.05) is 0 Å². The van der Waals surface area contributed by atoms with Gasteiger partial charge < -0.3 is 5.32 Å². The van der Waals surface area contributed by atoms with Crippen molar-refractivity contribution in [3.8, 4) is 0 Å². The monoisotopic (exact) mass is 257 g/mol. The molecule has 0 aliphatic carbocycles. The standard InChI is InChI=1S/C13H14F3NO/c1-10(18)17-8-3-2-5-11-6-4-7-12(9-11)13(14,15)16/h2,4-7,9H,3,8H2,1H3,(H,17,18). The molecule has 1 aromatic rings. The van der Waals surface area contributed by atoms with Crippen molar-refractivity contribution in [1.29, 1.82) is 0 Å². The van der Waals surface area contributed by atoms with Gasteiger partial charge in [0.05, 0.1) is 5.56 Å². The van der Waals surface area contributed by atoms with Crippen molar-refractivity contribution in [3.63, 3.8) is 0 Å². The van der Waals surface area contributed by atoms with Crippen LogP contribution in [0.3, 0.4) is 0 Å². The summed E-state index contributed by atoms with van der Waals surface area (Å²) in [6.07, 6.45) is -0.404. The lowest BCUT2D eigenvalue weighted by atomic mass is 10.1. The van der Waals surface area contributed by atoms with E-state index >= 15 is 0 Å². The van der Waals surface area contributed by atoms with Crippen molar-refractivity contribution in [2.45, 2.75) is 19.5 Å². The molecule has 0 heterocycles. The number of rotatable bonds is 4. The molecule has 0 saturated carbocycles. The highest BCUT2D eigenvalue weighted by molar-refractivity contribution is 5.72. The Bertz CT molecular complexity index is 438. The van der Waals surface area contributed by atoms with Crippen LogP contribution in [0.1, 0.15) is 24.5 Å². The Kier molecular flexibility index (Phi) is 4.95. The molecule has 5 heteroatoms. The smallest absolute Gasteiger partial charge is 0.356 e. The number of halogens is 3. The number of nitrogens with one attached hydrogen (secondary N) is 1. The molecule has 0 aliphatic heterocycles. The molecule has 0 aromatic heterocycles. The quantitative estimate of drug-likeness (QED) is 0.824. The first kappa shape index (κ1) is 14.3. The van der Waals surface area contributed by atoms with Crippen LogP contribution >= 0.6 is 0 Å². The molecule has 1 aromatic carbocycles. The van der Waals surface area contributed by atoms with Gasteiger partial charge in [0.15, 0.2) is 0 Å². The van der Waals surface area contributed by atoms with Crippen LogP contribution in [-0.2, 0) is 11.0 Å². The van der Waals surface area contributed by atoms with Gasteiger partial charge in [-0.15, -0.1) is 0 Å². The van der Waals surface area contributed by atoms with Crippen LogP contribution in [0.4, 0.5) is 13.2 Å². The van der Waals surface area contributed by atoms with Crippen molar-refractivity contribution in [1.82, 2.24) is 5.32 Å². The van der Waals surface area contributed by atoms with Gasteiger partial charge in [-0.2, -0.15) is 13.2 Å². The minimum Gasteiger partial charge on any atom is -0.356 e. The molecule has 0 fully saturated rings. The first-order chi connectivity index (χ1) is 8.39. The van der Waals surface area contributed by atoms with E-state index in [0.717, 1.165) is 12.1 Å². The zero-order valence-electron chi connectivity index (χ0n) is 9.92. The lowest BCUT2D eigenvalue weighted by Crippen LogP contribution is -2.20. The van der Waals surface area contributed by atoms with E-state index in [0.29, 0.717) is 18.5 Å². The van der Waals surface area contributed by atoms with Gasteiger partial charge in [-0.1, -0.05) is 24.3 Å². The van der Waals surface area contributed by atoms with E-state index in [1.54, 1.807) is 18.2 Å². The Balaban J connectivity index is 2.57. The third kappa shape index (κ3) is 5.03. The van der Waals surface area contributed by atoms with Crippen molar-refractivity contribution < 1.29 is 18.0 Å². The number of carbonyl (C=O) groups is 1. The van der Waals surface area contributed by atoms with E-state index < -0.39 is 11.7 Å². The number of carbonyl (C=O) groups excluding carboxylic acids is 1. The average molecular weight is 257 g/mol. The maximum atomic E-state index is 12.4. The Morgan fingerprint density at radius 1 is 1.39 bits per heavy atom. The average Bonchev–Trinajstić information content (AvgIpc) is 2.27. The predicted octanol–water partition coefficient (Wildman–Crippen LogP) is 3.24. The highest BCUT2D eigenvalue weighted by Gasteiger charge is 2.30. The lowest BCUT2D eigenvalue weighted by molar-refractivity contribution is -0.137. The van der Waals surface area contributed by atoms with Crippen LogP contribution in [0.25, 0.3) is 6.08 Å². The highest BCUT2D eigenvalue weighted by atomic mass is 19.4. The van der Waals surface area contributed by atoms with E-state index in [9.17, 15) is 18.0 Å². The van der Waals surface area contributed by atoms with E-state index in [-0.39, 0.29) is 5.91 Å². The van der Waals surface area contributed by atoms with Gasteiger partial charge in [-0.25, -0.2) is 0 Å². The summed E-state index contributed by atoms with van der Waals surface area (Å²) < 4.78 is 37.3. The van der Waals surface area contributed by atoms with Crippen LogP contribution in [0.2, 0.25) is 0 Å². The van der Waals surface area contributed by atoms with Gasteiger partial charge in [0.1, 0.15) is 0 Å². The molecule has 2 nitrogen and oxygen atoms in total. The lowest BCUT2D eigenvalue weighted by Gasteiger charge is -2.06. The Labute approximate surface area is 104 Å². The first-order valence-corrected chi connectivity index (χ1v) is 5.48. The van der Waals surface area contributed by atoms with Crippen molar-refractivity contribution in [2.75, 3.05) is 6.54 Å². The van der Waals surface area contributed by atoms with Crippen molar-refractivity contribution in [3.05, 3.63) is 41.5 Å². The van der Waals surface area contributed by atoms with E-state index in [4.69, 9.17) is 0 Å². The second kappa shape index (κ2) is 6.23. The van der Waals surface area contributed by atoms with Crippen LogP contribution < -0.4 is 5.32 Å². The Morgan fingerprint density at radius 3 is 2.72 bits per heavy atom. The molecule has 1 rings (SSSR count). The van der Waals surface area contributed by atoms with Gasteiger partial charge in [0, 0.05) is 13.5 Å². The molecular weight excluding hydrogens is 243 g/mol. The number of hydrogen-bond donors (Lipinski definition) is 1. The molecule has 0 unspecified atom stereocenters. The molecule has 0 spiro atoms. The summed E-state index contributed by atoms with van der Waals surface area (Å²) in [7, 11) is 0. The summed E-state index contributed by atoms with van der Waals surface area (Å²) >= 11 is 0. The fraction of sp³-hybridized carbons (Fsp3) is 0.308. The molecule has 98 valence electrons. The summed E-state index contributed by atoms with van der Waals surface area (Å²) in [5, 5.41) is 2.60. The molecule has 1 amide bonds. The molecule has 0 saturated heterocycles. The van der Waals surface area contributed by atoms with Gasteiger partial charge in [0.2, 0.25) is 5.91 Å². The normalized spacial score (nSPS) is 11.8. The third-order valence-electron chi connectivity index (χ3n) is 2.21. The largest absolute Gasteiger partial charge is 0.416 e. The molecule has 0 bridgehead atoms. The third-order valence-corrected chi connectivity index (χ3v) is 2.21. The van der Waals surface area contributed by atoms with Gasteiger partial charge >= 0.3 is 6.18 Å². The fourth-order valence-corrected chi connectivity index (χ4v) is 1.37. The summed E-state index contributed by atoms with van der Waals surface area (Å²) in [5.41, 5.74) is -0.167. The van der Waals surface area contributed by atoms with Crippen LogP contribution in [-0.4, -0.2) is 12.5 Å². The van der Waals surface area contributed by atoms with Crippen molar-refractivity contribution >= 4 is 12.0 Å².